The number of carbonyl (C=O) groups excluding carboxylic acids is 2. The van der Waals surface area contributed by atoms with E-state index in [-0.39, 0.29) is 0 Å². The van der Waals surface area contributed by atoms with Crippen LogP contribution in [0.15, 0.2) is 42.5 Å². The minimum Gasteiger partial charge on any atom is -0.372 e. The second kappa shape index (κ2) is 9.65. The summed E-state index contributed by atoms with van der Waals surface area (Å²) in [5.74, 6) is -1.04. The number of hydrogen-bond acceptors (Lipinski definition) is 4. The molecule has 0 aromatic heterocycles. The summed E-state index contributed by atoms with van der Waals surface area (Å²) in [6, 6.07) is 14.3. The summed E-state index contributed by atoms with van der Waals surface area (Å²) >= 11 is 0. The largest absolute Gasteiger partial charge is 0.372 e. The molecule has 6 nitrogen and oxygen atoms in total. The van der Waals surface area contributed by atoms with E-state index in [9.17, 15) is 9.59 Å². The van der Waals surface area contributed by atoms with Crippen LogP contribution in [0.2, 0.25) is 0 Å². The molecule has 0 radical (unpaired) electrons. The topological polar surface area (TPSA) is 55.9 Å². The molecule has 0 bridgehead atoms. The first kappa shape index (κ1) is 21.7. The molecule has 2 aromatic carbocycles. The van der Waals surface area contributed by atoms with Crippen molar-refractivity contribution in [2.45, 2.75) is 27.7 Å². The van der Waals surface area contributed by atoms with Crippen LogP contribution < -0.4 is 15.1 Å². The third kappa shape index (κ3) is 4.93. The average Bonchev–Trinajstić information content (AvgIpc) is 2.76. The SMILES string of the molecule is CCN(CC)c1ccc(NC(=O)C(=O)N2CCN(c3cccc(C)c3)CC2)c(C)c1. The summed E-state index contributed by atoms with van der Waals surface area (Å²) in [6.45, 7) is 12.6. The van der Waals surface area contributed by atoms with E-state index in [0.717, 1.165) is 43.1 Å². The van der Waals surface area contributed by atoms with Gasteiger partial charge >= 0.3 is 11.8 Å². The van der Waals surface area contributed by atoms with Crippen LogP contribution in [0.1, 0.15) is 25.0 Å². The average molecular weight is 409 g/mol. The summed E-state index contributed by atoms with van der Waals surface area (Å²) < 4.78 is 0. The Morgan fingerprint density at radius 2 is 1.67 bits per heavy atom. The summed E-state index contributed by atoms with van der Waals surface area (Å²) in [6.07, 6.45) is 0. The van der Waals surface area contributed by atoms with E-state index < -0.39 is 11.8 Å². The third-order valence-electron chi connectivity index (χ3n) is 5.71. The van der Waals surface area contributed by atoms with Gasteiger partial charge in [-0.2, -0.15) is 0 Å². The Hall–Kier alpha value is -3.02. The van der Waals surface area contributed by atoms with Gasteiger partial charge in [0.2, 0.25) is 0 Å². The normalized spacial score (nSPS) is 13.9. The molecule has 0 spiro atoms. The van der Waals surface area contributed by atoms with E-state index in [4.69, 9.17) is 0 Å². The van der Waals surface area contributed by atoms with Crippen molar-refractivity contribution < 1.29 is 9.59 Å². The highest BCUT2D eigenvalue weighted by Crippen LogP contribution is 2.23. The number of carbonyl (C=O) groups is 2. The van der Waals surface area contributed by atoms with Crippen LogP contribution in [0, 0.1) is 13.8 Å². The molecule has 0 aliphatic carbocycles. The minimum absolute atomic E-state index is 0.467. The molecule has 1 heterocycles. The van der Waals surface area contributed by atoms with Crippen molar-refractivity contribution >= 4 is 28.9 Å². The predicted octanol–water partition coefficient (Wildman–Crippen LogP) is 3.44. The van der Waals surface area contributed by atoms with Gasteiger partial charge in [-0.1, -0.05) is 12.1 Å². The smallest absolute Gasteiger partial charge is 0.313 e. The summed E-state index contributed by atoms with van der Waals surface area (Å²) in [4.78, 5) is 31.4. The number of hydrogen-bond donors (Lipinski definition) is 1. The van der Waals surface area contributed by atoms with Crippen molar-refractivity contribution in [3.63, 3.8) is 0 Å². The quantitative estimate of drug-likeness (QED) is 0.770. The maximum atomic E-state index is 12.7. The molecular formula is C24H32N4O2. The van der Waals surface area contributed by atoms with Crippen LogP contribution in [0.4, 0.5) is 17.1 Å². The lowest BCUT2D eigenvalue weighted by atomic mass is 10.1. The second-order valence-electron chi connectivity index (χ2n) is 7.74. The maximum absolute atomic E-state index is 12.7. The maximum Gasteiger partial charge on any atom is 0.313 e. The van der Waals surface area contributed by atoms with Gasteiger partial charge in [0, 0.05) is 56.3 Å². The Labute approximate surface area is 179 Å². The van der Waals surface area contributed by atoms with Crippen LogP contribution in [0.25, 0.3) is 0 Å². The molecule has 1 N–H and O–H groups in total. The molecule has 2 amide bonds. The van der Waals surface area contributed by atoms with Gasteiger partial charge in [0.1, 0.15) is 0 Å². The second-order valence-corrected chi connectivity index (χ2v) is 7.74. The fourth-order valence-electron chi connectivity index (χ4n) is 3.89. The van der Waals surface area contributed by atoms with E-state index in [0.29, 0.717) is 18.8 Å². The highest BCUT2D eigenvalue weighted by molar-refractivity contribution is 6.39. The Bertz CT molecular complexity index is 900. The first-order chi connectivity index (χ1) is 14.4. The third-order valence-corrected chi connectivity index (χ3v) is 5.71. The monoisotopic (exact) mass is 408 g/mol. The lowest BCUT2D eigenvalue weighted by Gasteiger charge is -2.35. The Balaban J connectivity index is 1.58. The van der Waals surface area contributed by atoms with Crippen LogP contribution in [-0.2, 0) is 9.59 Å². The summed E-state index contributed by atoms with van der Waals surface area (Å²) in [5.41, 5.74) is 5.13. The molecule has 1 aliphatic heterocycles. The van der Waals surface area contributed by atoms with Crippen LogP contribution in [0.5, 0.6) is 0 Å². The van der Waals surface area contributed by atoms with Crippen molar-refractivity contribution in [1.82, 2.24) is 4.90 Å². The fourth-order valence-corrected chi connectivity index (χ4v) is 3.89. The minimum atomic E-state index is -0.572. The number of piperazine rings is 1. The number of benzene rings is 2. The van der Waals surface area contributed by atoms with Crippen LogP contribution in [-0.4, -0.2) is 56.0 Å². The number of rotatable bonds is 5. The Morgan fingerprint density at radius 1 is 0.967 bits per heavy atom. The predicted molar refractivity (Wildman–Crippen MR) is 123 cm³/mol. The number of anilines is 3. The Morgan fingerprint density at radius 3 is 2.27 bits per heavy atom. The zero-order valence-electron chi connectivity index (χ0n) is 18.4. The molecule has 0 unspecified atom stereocenters. The lowest BCUT2D eigenvalue weighted by molar-refractivity contribution is -0.143. The van der Waals surface area contributed by atoms with Crippen molar-refractivity contribution in [3.05, 3.63) is 53.6 Å². The number of nitrogens with zero attached hydrogens (tertiary/aromatic N) is 3. The molecule has 0 atom stereocenters. The fraction of sp³-hybridized carbons (Fsp3) is 0.417. The van der Waals surface area contributed by atoms with E-state index in [1.807, 2.05) is 31.2 Å². The van der Waals surface area contributed by atoms with E-state index in [2.05, 4.69) is 54.1 Å². The van der Waals surface area contributed by atoms with E-state index in [1.165, 1.54) is 5.56 Å². The van der Waals surface area contributed by atoms with Gasteiger partial charge in [-0.25, -0.2) is 0 Å². The number of nitrogens with one attached hydrogen (secondary N) is 1. The number of amides is 2. The molecule has 6 heteroatoms. The van der Waals surface area contributed by atoms with E-state index >= 15 is 0 Å². The van der Waals surface area contributed by atoms with Gasteiger partial charge in [0.25, 0.3) is 0 Å². The van der Waals surface area contributed by atoms with Gasteiger partial charge in [-0.05, 0) is 69.2 Å². The van der Waals surface area contributed by atoms with E-state index in [1.54, 1.807) is 4.90 Å². The molecular weight excluding hydrogens is 376 g/mol. The summed E-state index contributed by atoms with van der Waals surface area (Å²) in [7, 11) is 0. The first-order valence-corrected chi connectivity index (χ1v) is 10.7. The molecule has 2 aromatic rings. The highest BCUT2D eigenvalue weighted by atomic mass is 16.2. The Kier molecular flexibility index (Phi) is 6.98. The van der Waals surface area contributed by atoms with Crippen molar-refractivity contribution in [1.29, 1.82) is 0 Å². The number of aryl methyl sites for hydroxylation is 2. The van der Waals surface area contributed by atoms with Crippen molar-refractivity contribution in [2.75, 3.05) is 54.4 Å². The molecule has 160 valence electrons. The van der Waals surface area contributed by atoms with Crippen molar-refractivity contribution in [3.8, 4) is 0 Å². The molecule has 0 saturated carbocycles. The molecule has 1 fully saturated rings. The zero-order chi connectivity index (χ0) is 21.7. The van der Waals surface area contributed by atoms with Crippen molar-refractivity contribution in [2.24, 2.45) is 0 Å². The highest BCUT2D eigenvalue weighted by Gasteiger charge is 2.26. The zero-order valence-corrected chi connectivity index (χ0v) is 18.4. The van der Waals surface area contributed by atoms with Crippen LogP contribution >= 0.6 is 0 Å². The van der Waals surface area contributed by atoms with Gasteiger partial charge in [-0.3, -0.25) is 9.59 Å². The van der Waals surface area contributed by atoms with Gasteiger partial charge in [-0.15, -0.1) is 0 Å². The molecule has 1 aliphatic rings. The first-order valence-electron chi connectivity index (χ1n) is 10.7. The van der Waals surface area contributed by atoms with Gasteiger partial charge in [0.15, 0.2) is 0 Å². The molecule has 3 rings (SSSR count). The lowest BCUT2D eigenvalue weighted by Crippen LogP contribution is -2.51. The standard InChI is InChI=1S/C24H32N4O2/c1-5-26(6-2)21-10-11-22(19(4)17-21)25-23(29)24(30)28-14-12-27(13-15-28)20-9-7-8-18(3)16-20/h7-11,16-17H,5-6,12-15H2,1-4H3,(H,25,29). The van der Waals surface area contributed by atoms with Crippen LogP contribution in [0.3, 0.4) is 0 Å². The van der Waals surface area contributed by atoms with Gasteiger partial charge in [0.05, 0.1) is 0 Å². The van der Waals surface area contributed by atoms with Gasteiger partial charge < -0.3 is 20.0 Å². The molecule has 1 saturated heterocycles. The summed E-state index contributed by atoms with van der Waals surface area (Å²) in [5, 5.41) is 2.80. The molecule has 30 heavy (non-hydrogen) atoms.